The van der Waals surface area contributed by atoms with E-state index in [0.29, 0.717) is 34.0 Å². The molecule has 0 saturated heterocycles. The lowest BCUT2D eigenvalue weighted by Gasteiger charge is -2.12. The molecule has 3 rings (SSSR count). The van der Waals surface area contributed by atoms with E-state index in [1.165, 1.54) is 24.2 Å². The largest absolute Gasteiger partial charge is 0.505 e. The molecular formula is C20H24N5O2PS. The third-order valence-corrected chi connectivity index (χ3v) is 5.90. The van der Waals surface area contributed by atoms with Crippen molar-refractivity contribution < 1.29 is 9.90 Å². The van der Waals surface area contributed by atoms with Crippen molar-refractivity contribution >= 4 is 54.7 Å². The molecule has 1 unspecified atom stereocenters. The molecule has 0 aliphatic heterocycles. The summed E-state index contributed by atoms with van der Waals surface area (Å²) in [5.74, 6) is -0.563. The first-order valence-corrected chi connectivity index (χ1v) is 10.7. The highest BCUT2D eigenvalue weighted by Gasteiger charge is 2.25. The van der Waals surface area contributed by atoms with Crippen LogP contribution in [0.2, 0.25) is 0 Å². The van der Waals surface area contributed by atoms with Gasteiger partial charge in [-0.3, -0.25) is 10.2 Å². The molecule has 152 valence electrons. The summed E-state index contributed by atoms with van der Waals surface area (Å²) in [6.07, 6.45) is 3.25. The molecule has 1 heterocycles. The number of thiophene rings is 1. The number of nitrogens with two attached hydrogens (primary N) is 2. The maximum atomic E-state index is 12.8. The summed E-state index contributed by atoms with van der Waals surface area (Å²) < 4.78 is 0. The first-order chi connectivity index (χ1) is 13.9. The highest BCUT2D eigenvalue weighted by atomic mass is 32.1. The Morgan fingerprint density at radius 1 is 1.38 bits per heavy atom. The molecule has 7 N–H and O–H groups in total. The number of amides is 1. The molecule has 29 heavy (non-hydrogen) atoms. The zero-order valence-corrected chi connectivity index (χ0v) is 17.8. The van der Waals surface area contributed by atoms with Crippen LogP contribution in [0.3, 0.4) is 0 Å². The number of rotatable bonds is 8. The van der Waals surface area contributed by atoms with Gasteiger partial charge in [-0.05, 0) is 47.3 Å². The molecule has 1 aliphatic carbocycles. The van der Waals surface area contributed by atoms with Crippen molar-refractivity contribution in [2.75, 3.05) is 12.3 Å². The summed E-state index contributed by atoms with van der Waals surface area (Å²) in [6.45, 7) is 0.483. The molecule has 1 aliphatic rings. The minimum atomic E-state index is -0.550. The number of hydrogen-bond acceptors (Lipinski definition) is 6. The van der Waals surface area contributed by atoms with Crippen molar-refractivity contribution in [3.63, 3.8) is 0 Å². The first-order valence-electron chi connectivity index (χ1n) is 9.20. The second-order valence-electron chi connectivity index (χ2n) is 6.88. The Labute approximate surface area is 175 Å². The van der Waals surface area contributed by atoms with Crippen molar-refractivity contribution in [1.82, 2.24) is 5.32 Å². The Kier molecular flexibility index (Phi) is 6.67. The Morgan fingerprint density at radius 3 is 2.76 bits per heavy atom. The van der Waals surface area contributed by atoms with Crippen LogP contribution >= 0.6 is 20.6 Å². The SMILES string of the molecule is N=C(/C(O)=C(\C(=O)NCCC1CC1)C(N)=Nc1ccc(N)cc1P)c1cccs1. The highest BCUT2D eigenvalue weighted by molar-refractivity contribution is 7.28. The number of nitrogens with zero attached hydrogens (tertiary/aromatic N) is 1. The lowest BCUT2D eigenvalue weighted by atomic mass is 10.1. The van der Waals surface area contributed by atoms with E-state index in [0.717, 1.165) is 6.42 Å². The smallest absolute Gasteiger partial charge is 0.258 e. The fourth-order valence-corrected chi connectivity index (χ4v) is 3.78. The highest BCUT2D eigenvalue weighted by Crippen LogP contribution is 2.31. The number of nitrogens with one attached hydrogen (secondary N) is 2. The molecule has 2 aromatic rings. The lowest BCUT2D eigenvalue weighted by molar-refractivity contribution is -0.117. The number of allylic oxidation sites excluding steroid dienone is 1. The quantitative estimate of drug-likeness (QED) is 0.110. The molecule has 1 saturated carbocycles. The predicted octanol–water partition coefficient (Wildman–Crippen LogP) is 2.62. The van der Waals surface area contributed by atoms with Crippen LogP contribution in [-0.4, -0.2) is 29.1 Å². The Balaban J connectivity index is 1.94. The number of amidine groups is 1. The molecule has 9 heteroatoms. The molecule has 1 aromatic carbocycles. The summed E-state index contributed by atoms with van der Waals surface area (Å²) in [5, 5.41) is 24.3. The van der Waals surface area contributed by atoms with E-state index < -0.39 is 11.7 Å². The Morgan fingerprint density at radius 2 is 2.14 bits per heavy atom. The van der Waals surface area contributed by atoms with Crippen molar-refractivity contribution in [3.8, 4) is 0 Å². The van der Waals surface area contributed by atoms with Gasteiger partial charge in [-0.15, -0.1) is 20.6 Å². The van der Waals surface area contributed by atoms with E-state index in [2.05, 4.69) is 19.5 Å². The van der Waals surface area contributed by atoms with Crippen LogP contribution in [-0.2, 0) is 4.79 Å². The van der Waals surface area contributed by atoms with Gasteiger partial charge in [0.05, 0.1) is 10.6 Å². The van der Waals surface area contributed by atoms with Crippen molar-refractivity contribution in [1.29, 1.82) is 5.41 Å². The molecule has 1 fully saturated rings. The summed E-state index contributed by atoms with van der Waals surface area (Å²) in [7, 11) is 2.51. The zero-order valence-electron chi connectivity index (χ0n) is 15.8. The molecule has 0 bridgehead atoms. The summed E-state index contributed by atoms with van der Waals surface area (Å²) in [4.78, 5) is 17.7. The lowest BCUT2D eigenvalue weighted by Crippen LogP contribution is -2.34. The van der Waals surface area contributed by atoms with E-state index in [-0.39, 0.29) is 17.1 Å². The number of anilines is 1. The fraction of sp³-hybridized carbons (Fsp3) is 0.250. The number of hydrogen-bond donors (Lipinski definition) is 5. The van der Waals surface area contributed by atoms with Crippen molar-refractivity contribution in [2.45, 2.75) is 19.3 Å². The minimum Gasteiger partial charge on any atom is -0.505 e. The van der Waals surface area contributed by atoms with Gasteiger partial charge in [-0.25, -0.2) is 4.99 Å². The number of aliphatic hydroxyl groups excluding tert-OH is 1. The van der Waals surface area contributed by atoms with Crippen LogP contribution in [0.15, 0.2) is 52.0 Å². The number of carbonyl (C=O) groups is 1. The van der Waals surface area contributed by atoms with Gasteiger partial charge in [-0.2, -0.15) is 0 Å². The molecule has 0 spiro atoms. The van der Waals surface area contributed by atoms with Gasteiger partial charge in [-0.1, -0.05) is 18.9 Å². The minimum absolute atomic E-state index is 0.166. The first kappa shape index (κ1) is 21.0. The molecule has 1 aromatic heterocycles. The molecule has 1 amide bonds. The van der Waals surface area contributed by atoms with E-state index in [1.54, 1.807) is 35.7 Å². The van der Waals surface area contributed by atoms with Crippen LogP contribution in [0.4, 0.5) is 11.4 Å². The van der Waals surface area contributed by atoms with E-state index >= 15 is 0 Å². The summed E-state index contributed by atoms with van der Waals surface area (Å²) >= 11 is 1.29. The van der Waals surface area contributed by atoms with Gasteiger partial charge >= 0.3 is 0 Å². The standard InChI is InChI=1S/C20H24N5O2PS/c21-12-5-6-13(14(28)10-12)25-19(23)16(20(27)24-8-7-11-3-4-11)18(26)17(22)15-2-1-9-29-15/h1-2,5-6,9-11,22,26H,3-4,7-8,21,28H2,(H2,23,25)(H,24,27)/b18-16+,22-17?. The van der Waals surface area contributed by atoms with Gasteiger partial charge in [0.2, 0.25) is 0 Å². The average Bonchev–Trinajstić information content (AvgIpc) is 3.33. The van der Waals surface area contributed by atoms with E-state index in [1.807, 2.05) is 0 Å². The van der Waals surface area contributed by atoms with Gasteiger partial charge in [0.1, 0.15) is 17.1 Å². The number of aliphatic imine (C=N–C) groups is 1. The number of benzene rings is 1. The normalized spacial score (nSPS) is 15.0. The van der Waals surface area contributed by atoms with Crippen molar-refractivity contribution in [2.24, 2.45) is 16.6 Å². The van der Waals surface area contributed by atoms with Gasteiger partial charge in [0, 0.05) is 12.2 Å². The molecule has 0 radical (unpaired) electrons. The number of carbonyl (C=O) groups excluding carboxylic acids is 1. The third-order valence-electron chi connectivity index (χ3n) is 4.55. The summed E-state index contributed by atoms with van der Waals surface area (Å²) in [5.41, 5.74) is 12.6. The Bertz CT molecular complexity index is 981. The van der Waals surface area contributed by atoms with Gasteiger partial charge in [0.25, 0.3) is 5.91 Å². The average molecular weight is 429 g/mol. The maximum absolute atomic E-state index is 12.8. The van der Waals surface area contributed by atoms with Crippen LogP contribution in [0.5, 0.6) is 0 Å². The Hall–Kier alpha value is -2.70. The fourth-order valence-electron chi connectivity index (χ4n) is 2.75. The second-order valence-corrected chi connectivity index (χ2v) is 8.45. The van der Waals surface area contributed by atoms with Crippen LogP contribution in [0, 0.1) is 11.3 Å². The monoisotopic (exact) mass is 429 g/mol. The van der Waals surface area contributed by atoms with Crippen LogP contribution in [0.1, 0.15) is 24.1 Å². The second kappa shape index (κ2) is 9.20. The van der Waals surface area contributed by atoms with Gasteiger partial charge < -0.3 is 21.9 Å². The number of aliphatic hydroxyl groups is 1. The van der Waals surface area contributed by atoms with Crippen molar-refractivity contribution in [3.05, 3.63) is 51.9 Å². The molecular weight excluding hydrogens is 405 g/mol. The van der Waals surface area contributed by atoms with E-state index in [4.69, 9.17) is 16.9 Å². The van der Waals surface area contributed by atoms with Gasteiger partial charge in [0.15, 0.2) is 5.76 Å². The number of nitrogen functional groups attached to an aromatic ring is 1. The predicted molar refractivity (Wildman–Crippen MR) is 123 cm³/mol. The van der Waals surface area contributed by atoms with Crippen LogP contribution in [0.25, 0.3) is 0 Å². The molecule has 7 nitrogen and oxygen atoms in total. The van der Waals surface area contributed by atoms with Crippen LogP contribution < -0.4 is 22.1 Å². The summed E-state index contributed by atoms with van der Waals surface area (Å²) in [6, 6.07) is 8.52. The molecule has 1 atom stereocenters. The maximum Gasteiger partial charge on any atom is 0.258 e. The zero-order chi connectivity index (χ0) is 21.0. The topological polar surface area (TPSA) is 138 Å². The van der Waals surface area contributed by atoms with E-state index in [9.17, 15) is 9.90 Å². The third kappa shape index (κ3) is 5.43.